The molecule has 1 N–H and O–H groups in total. The molecule has 0 aliphatic carbocycles. The Morgan fingerprint density at radius 1 is 1.27 bits per heavy atom. The van der Waals surface area contributed by atoms with Crippen molar-refractivity contribution in [2.75, 3.05) is 5.32 Å². The van der Waals surface area contributed by atoms with E-state index in [0.29, 0.717) is 17.1 Å². The Labute approximate surface area is 134 Å². The summed E-state index contributed by atoms with van der Waals surface area (Å²) >= 11 is 3.29. The van der Waals surface area contributed by atoms with Crippen molar-refractivity contribution in [1.82, 2.24) is 25.2 Å². The number of hydrogen-bond acceptors (Lipinski definition) is 5. The van der Waals surface area contributed by atoms with E-state index in [4.69, 9.17) is 0 Å². The number of rotatable bonds is 3. The molecule has 0 radical (unpaired) electrons. The Hall–Kier alpha value is -2.61. The highest BCUT2D eigenvalue weighted by atomic mass is 79.9. The van der Waals surface area contributed by atoms with E-state index in [2.05, 4.69) is 41.8 Å². The molecule has 0 bridgehead atoms. The number of nitrogens with zero attached hydrogens (tertiary/aromatic N) is 5. The fraction of sp³-hybridized carbons (Fsp3) is 0.0714. The molecule has 7 nitrogen and oxygen atoms in total. The lowest BCUT2D eigenvalue weighted by atomic mass is 10.2. The van der Waals surface area contributed by atoms with Crippen LogP contribution < -0.4 is 5.32 Å². The maximum Gasteiger partial charge on any atom is 0.257 e. The van der Waals surface area contributed by atoms with Gasteiger partial charge in [0.25, 0.3) is 5.91 Å². The smallest absolute Gasteiger partial charge is 0.257 e. The molecule has 0 atom stereocenters. The average molecular weight is 359 g/mol. The normalized spacial score (nSPS) is 10.5. The number of carbonyl (C=O) groups excluding carboxylic acids is 1. The van der Waals surface area contributed by atoms with E-state index in [1.54, 1.807) is 36.0 Å². The number of tetrazole rings is 1. The van der Waals surface area contributed by atoms with Crippen LogP contribution in [0.5, 0.6) is 0 Å². The van der Waals surface area contributed by atoms with E-state index in [1.807, 2.05) is 12.1 Å². The second-order valence-electron chi connectivity index (χ2n) is 4.53. The van der Waals surface area contributed by atoms with E-state index in [-0.39, 0.29) is 5.91 Å². The number of carbonyl (C=O) groups is 1. The summed E-state index contributed by atoms with van der Waals surface area (Å²) in [6, 6.07) is 8.99. The Balaban J connectivity index is 1.84. The lowest BCUT2D eigenvalue weighted by molar-refractivity contribution is 0.102. The van der Waals surface area contributed by atoms with Crippen LogP contribution in [-0.2, 0) is 0 Å². The molecule has 2 heterocycles. The summed E-state index contributed by atoms with van der Waals surface area (Å²) in [5, 5.41) is 14.2. The molecule has 3 aromatic rings. The second-order valence-corrected chi connectivity index (χ2v) is 5.45. The predicted molar refractivity (Wildman–Crippen MR) is 83.8 cm³/mol. The van der Waals surface area contributed by atoms with Gasteiger partial charge in [-0.3, -0.25) is 9.78 Å². The summed E-state index contributed by atoms with van der Waals surface area (Å²) < 4.78 is 2.34. The van der Waals surface area contributed by atoms with Crippen LogP contribution >= 0.6 is 15.9 Å². The SMILES string of the molecule is Cc1nnnn1-c1cccc(NC(=O)c2cncc(Br)c2)c1. The zero-order chi connectivity index (χ0) is 15.5. The Morgan fingerprint density at radius 3 is 2.86 bits per heavy atom. The van der Waals surface area contributed by atoms with Gasteiger partial charge in [0.15, 0.2) is 5.82 Å². The molecule has 0 saturated carbocycles. The van der Waals surface area contributed by atoms with Gasteiger partial charge in [-0.2, -0.15) is 4.68 Å². The van der Waals surface area contributed by atoms with Crippen LogP contribution in [-0.4, -0.2) is 31.1 Å². The van der Waals surface area contributed by atoms with E-state index in [0.717, 1.165) is 10.2 Å². The molecule has 0 saturated heterocycles. The minimum absolute atomic E-state index is 0.237. The van der Waals surface area contributed by atoms with Crippen molar-refractivity contribution >= 4 is 27.5 Å². The predicted octanol–water partition coefficient (Wildman–Crippen LogP) is 2.38. The first-order chi connectivity index (χ1) is 10.6. The van der Waals surface area contributed by atoms with Crippen molar-refractivity contribution in [3.63, 3.8) is 0 Å². The molecule has 2 aromatic heterocycles. The molecule has 0 aliphatic heterocycles. The third-order valence-electron chi connectivity index (χ3n) is 2.94. The highest BCUT2D eigenvalue weighted by Crippen LogP contribution is 2.16. The molecular weight excluding hydrogens is 348 g/mol. The average Bonchev–Trinajstić information content (AvgIpc) is 2.94. The number of aromatic nitrogens is 5. The lowest BCUT2D eigenvalue weighted by Crippen LogP contribution is -2.12. The monoisotopic (exact) mass is 358 g/mol. The van der Waals surface area contributed by atoms with Crippen molar-refractivity contribution in [3.05, 3.63) is 58.6 Å². The summed E-state index contributed by atoms with van der Waals surface area (Å²) in [4.78, 5) is 16.2. The Kier molecular flexibility index (Phi) is 3.92. The number of pyridine rings is 1. The zero-order valence-electron chi connectivity index (χ0n) is 11.6. The number of halogens is 1. The molecule has 0 unspecified atom stereocenters. The third-order valence-corrected chi connectivity index (χ3v) is 3.37. The van der Waals surface area contributed by atoms with Crippen LogP contribution in [0.15, 0.2) is 47.2 Å². The van der Waals surface area contributed by atoms with Crippen molar-refractivity contribution in [2.24, 2.45) is 0 Å². The van der Waals surface area contributed by atoms with Crippen LogP contribution in [0.25, 0.3) is 5.69 Å². The first-order valence-corrected chi connectivity index (χ1v) is 7.20. The van der Waals surface area contributed by atoms with Gasteiger partial charge in [-0.05, 0) is 57.5 Å². The first kappa shape index (κ1) is 14.3. The van der Waals surface area contributed by atoms with E-state index in [1.165, 1.54) is 6.20 Å². The maximum absolute atomic E-state index is 12.2. The molecule has 1 amide bonds. The van der Waals surface area contributed by atoms with Crippen molar-refractivity contribution in [3.8, 4) is 5.69 Å². The third kappa shape index (κ3) is 3.01. The molecule has 1 aromatic carbocycles. The van der Waals surface area contributed by atoms with Crippen molar-refractivity contribution in [2.45, 2.75) is 6.92 Å². The first-order valence-electron chi connectivity index (χ1n) is 6.41. The van der Waals surface area contributed by atoms with E-state index in [9.17, 15) is 4.79 Å². The topological polar surface area (TPSA) is 85.6 Å². The molecule has 22 heavy (non-hydrogen) atoms. The fourth-order valence-electron chi connectivity index (χ4n) is 1.92. The van der Waals surface area contributed by atoms with Gasteiger partial charge in [0.2, 0.25) is 0 Å². The molecule has 0 spiro atoms. The standard InChI is InChI=1S/C14H11BrN6O/c1-9-18-19-20-21(9)13-4-2-3-12(6-13)17-14(22)10-5-11(15)8-16-7-10/h2-8H,1H3,(H,17,22). The molecule has 3 rings (SSSR count). The number of hydrogen-bond donors (Lipinski definition) is 1. The quantitative estimate of drug-likeness (QED) is 0.776. The second kappa shape index (κ2) is 6.02. The largest absolute Gasteiger partial charge is 0.322 e. The van der Waals surface area contributed by atoms with E-state index >= 15 is 0 Å². The molecule has 0 aliphatic rings. The summed E-state index contributed by atoms with van der Waals surface area (Å²) in [6.07, 6.45) is 3.13. The van der Waals surface area contributed by atoms with Gasteiger partial charge in [0.05, 0.1) is 11.3 Å². The molecule has 110 valence electrons. The Bertz CT molecular complexity index is 831. The minimum Gasteiger partial charge on any atom is -0.322 e. The van der Waals surface area contributed by atoms with E-state index < -0.39 is 0 Å². The van der Waals surface area contributed by atoms with Gasteiger partial charge in [-0.1, -0.05) is 6.07 Å². The van der Waals surface area contributed by atoms with Crippen LogP contribution in [0, 0.1) is 6.92 Å². The summed E-state index contributed by atoms with van der Waals surface area (Å²) in [7, 11) is 0. The van der Waals surface area contributed by atoms with Crippen molar-refractivity contribution in [1.29, 1.82) is 0 Å². The summed E-state index contributed by atoms with van der Waals surface area (Å²) in [5.74, 6) is 0.430. The van der Waals surface area contributed by atoms with Crippen molar-refractivity contribution < 1.29 is 4.79 Å². The van der Waals surface area contributed by atoms with Gasteiger partial charge in [0.1, 0.15) is 0 Å². The minimum atomic E-state index is -0.237. The number of benzene rings is 1. The molecular formula is C14H11BrN6O. The van der Waals surface area contributed by atoms with Crippen LogP contribution in [0.1, 0.15) is 16.2 Å². The van der Waals surface area contributed by atoms with Gasteiger partial charge in [0, 0.05) is 22.6 Å². The van der Waals surface area contributed by atoms with Crippen LogP contribution in [0.4, 0.5) is 5.69 Å². The highest BCUT2D eigenvalue weighted by molar-refractivity contribution is 9.10. The number of amides is 1. The van der Waals surface area contributed by atoms with Gasteiger partial charge in [-0.25, -0.2) is 0 Å². The summed E-state index contributed by atoms with van der Waals surface area (Å²) in [6.45, 7) is 1.80. The number of aryl methyl sites for hydroxylation is 1. The Morgan fingerprint density at radius 2 is 2.14 bits per heavy atom. The number of nitrogens with one attached hydrogen (secondary N) is 1. The highest BCUT2D eigenvalue weighted by Gasteiger charge is 2.09. The van der Waals surface area contributed by atoms with Gasteiger partial charge < -0.3 is 5.32 Å². The lowest BCUT2D eigenvalue weighted by Gasteiger charge is -2.08. The van der Waals surface area contributed by atoms with Crippen LogP contribution in [0.3, 0.4) is 0 Å². The summed E-state index contributed by atoms with van der Waals surface area (Å²) in [5.41, 5.74) is 1.89. The molecule has 0 fully saturated rings. The molecule has 8 heteroatoms. The number of anilines is 1. The van der Waals surface area contributed by atoms with Gasteiger partial charge in [-0.15, -0.1) is 5.10 Å². The zero-order valence-corrected chi connectivity index (χ0v) is 13.1. The van der Waals surface area contributed by atoms with Gasteiger partial charge >= 0.3 is 0 Å². The maximum atomic E-state index is 12.2. The van der Waals surface area contributed by atoms with Crippen LogP contribution in [0.2, 0.25) is 0 Å². The fourth-order valence-corrected chi connectivity index (χ4v) is 2.29.